The van der Waals surface area contributed by atoms with E-state index in [4.69, 9.17) is 0 Å². The van der Waals surface area contributed by atoms with Crippen LogP contribution in [0.3, 0.4) is 0 Å². The number of carbonyl (C=O) groups excluding carboxylic acids is 1. The van der Waals surface area contributed by atoms with Gasteiger partial charge in [-0.3, -0.25) is 10.1 Å². The molecule has 0 saturated carbocycles. The Labute approximate surface area is 159 Å². The molecule has 2 N–H and O–H groups in total. The van der Waals surface area contributed by atoms with Crippen molar-refractivity contribution in [3.8, 4) is 0 Å². The summed E-state index contributed by atoms with van der Waals surface area (Å²) in [5.41, 5.74) is 4.70. The van der Waals surface area contributed by atoms with Crippen LogP contribution in [0.1, 0.15) is 28.3 Å². The minimum absolute atomic E-state index is 0.128. The number of amides is 1. The van der Waals surface area contributed by atoms with Gasteiger partial charge in [0.15, 0.2) is 0 Å². The fourth-order valence-electron chi connectivity index (χ4n) is 2.90. The number of rotatable bonds is 6. The molecule has 0 fully saturated rings. The molecule has 0 saturated heterocycles. The van der Waals surface area contributed by atoms with E-state index in [1.807, 2.05) is 62.4 Å². The van der Waals surface area contributed by atoms with E-state index in [2.05, 4.69) is 10.6 Å². The molecule has 1 amide bonds. The Balaban J connectivity index is 1.80. The van der Waals surface area contributed by atoms with Gasteiger partial charge in [0.05, 0.1) is 0 Å². The van der Waals surface area contributed by atoms with E-state index < -0.39 is 6.04 Å². The molecule has 0 aromatic heterocycles. The van der Waals surface area contributed by atoms with Crippen LogP contribution in [0.25, 0.3) is 0 Å². The highest BCUT2D eigenvalue weighted by Crippen LogP contribution is 2.20. The largest absolute Gasteiger partial charge is 0.324 e. The lowest BCUT2D eigenvalue weighted by molar-refractivity contribution is -0.118. The summed E-state index contributed by atoms with van der Waals surface area (Å²) in [4.78, 5) is 13.0. The topological polar surface area (TPSA) is 41.1 Å². The van der Waals surface area contributed by atoms with E-state index in [0.29, 0.717) is 6.54 Å². The highest BCUT2D eigenvalue weighted by atomic mass is 19.1. The molecule has 0 radical (unpaired) electrons. The van der Waals surface area contributed by atoms with Gasteiger partial charge in [0.25, 0.3) is 0 Å². The first-order chi connectivity index (χ1) is 13.0. The Morgan fingerprint density at radius 3 is 2.37 bits per heavy atom. The van der Waals surface area contributed by atoms with Crippen LogP contribution in [0.4, 0.5) is 10.1 Å². The summed E-state index contributed by atoms with van der Waals surface area (Å²) in [5.74, 6) is -0.400. The van der Waals surface area contributed by atoms with Crippen LogP contribution in [0.2, 0.25) is 0 Å². The van der Waals surface area contributed by atoms with Gasteiger partial charge in [-0.2, -0.15) is 0 Å². The van der Waals surface area contributed by atoms with Crippen LogP contribution in [0.15, 0.2) is 72.8 Å². The zero-order valence-corrected chi connectivity index (χ0v) is 15.5. The molecule has 0 bridgehead atoms. The van der Waals surface area contributed by atoms with E-state index >= 15 is 0 Å². The van der Waals surface area contributed by atoms with Crippen LogP contribution in [-0.2, 0) is 11.3 Å². The maximum atomic E-state index is 13.1. The van der Waals surface area contributed by atoms with Crippen molar-refractivity contribution in [3.05, 3.63) is 101 Å². The first-order valence-electron chi connectivity index (χ1n) is 8.94. The number of benzene rings is 3. The average molecular weight is 362 g/mol. The first-order valence-corrected chi connectivity index (χ1v) is 8.94. The molecule has 138 valence electrons. The van der Waals surface area contributed by atoms with E-state index in [9.17, 15) is 9.18 Å². The lowest BCUT2D eigenvalue weighted by atomic mass is 10.0. The predicted molar refractivity (Wildman–Crippen MR) is 107 cm³/mol. The average Bonchev–Trinajstić information content (AvgIpc) is 2.67. The van der Waals surface area contributed by atoms with Crippen molar-refractivity contribution >= 4 is 11.6 Å². The number of carbonyl (C=O) groups is 1. The summed E-state index contributed by atoms with van der Waals surface area (Å²) >= 11 is 0. The van der Waals surface area contributed by atoms with Gasteiger partial charge in [0.2, 0.25) is 5.91 Å². The van der Waals surface area contributed by atoms with Gasteiger partial charge in [-0.15, -0.1) is 0 Å². The predicted octanol–water partition coefficient (Wildman–Crippen LogP) is 4.91. The number of halogens is 1. The molecule has 27 heavy (non-hydrogen) atoms. The Bertz CT molecular complexity index is 907. The third-order valence-corrected chi connectivity index (χ3v) is 4.47. The number of anilines is 1. The Morgan fingerprint density at radius 1 is 0.963 bits per heavy atom. The van der Waals surface area contributed by atoms with Crippen molar-refractivity contribution in [1.82, 2.24) is 5.32 Å². The highest BCUT2D eigenvalue weighted by Gasteiger charge is 2.20. The molecule has 0 aliphatic carbocycles. The third kappa shape index (κ3) is 5.02. The molecule has 0 spiro atoms. The fourth-order valence-corrected chi connectivity index (χ4v) is 2.90. The normalized spacial score (nSPS) is 11.8. The minimum Gasteiger partial charge on any atom is -0.324 e. The van der Waals surface area contributed by atoms with Gasteiger partial charge in [-0.25, -0.2) is 4.39 Å². The van der Waals surface area contributed by atoms with Crippen LogP contribution >= 0.6 is 0 Å². The molecule has 3 nitrogen and oxygen atoms in total. The van der Waals surface area contributed by atoms with Crippen LogP contribution in [0.5, 0.6) is 0 Å². The summed E-state index contributed by atoms with van der Waals surface area (Å²) in [6.07, 6.45) is 0. The number of aryl methyl sites for hydroxylation is 2. The fraction of sp³-hybridized carbons (Fsp3) is 0.174. The van der Waals surface area contributed by atoms with Crippen molar-refractivity contribution in [2.45, 2.75) is 26.4 Å². The molecular weight excluding hydrogens is 339 g/mol. The summed E-state index contributed by atoms with van der Waals surface area (Å²) < 4.78 is 13.1. The van der Waals surface area contributed by atoms with Crippen LogP contribution in [0, 0.1) is 19.7 Å². The summed E-state index contributed by atoms with van der Waals surface area (Å²) in [6.45, 7) is 4.43. The summed E-state index contributed by atoms with van der Waals surface area (Å²) in [5, 5.41) is 6.32. The molecule has 3 aromatic rings. The van der Waals surface area contributed by atoms with Gasteiger partial charge in [0, 0.05) is 12.2 Å². The van der Waals surface area contributed by atoms with Crippen molar-refractivity contribution in [2.24, 2.45) is 0 Å². The smallest absolute Gasteiger partial charge is 0.246 e. The van der Waals surface area contributed by atoms with Crippen LogP contribution < -0.4 is 10.6 Å². The summed E-state index contributed by atoms with van der Waals surface area (Å²) in [7, 11) is 0. The monoisotopic (exact) mass is 362 g/mol. The van der Waals surface area contributed by atoms with Crippen molar-refractivity contribution in [3.63, 3.8) is 0 Å². The van der Waals surface area contributed by atoms with Gasteiger partial charge < -0.3 is 5.32 Å². The van der Waals surface area contributed by atoms with Crippen molar-refractivity contribution in [2.75, 3.05) is 5.32 Å². The van der Waals surface area contributed by atoms with E-state index in [-0.39, 0.29) is 11.7 Å². The second-order valence-electron chi connectivity index (χ2n) is 6.66. The molecule has 4 heteroatoms. The van der Waals surface area contributed by atoms with Crippen molar-refractivity contribution < 1.29 is 9.18 Å². The molecule has 0 heterocycles. The number of hydrogen-bond acceptors (Lipinski definition) is 2. The molecule has 0 aliphatic rings. The highest BCUT2D eigenvalue weighted by molar-refractivity contribution is 5.96. The molecular formula is C23H23FN2O. The SMILES string of the molecule is Cc1ccc(C)c(NC(=O)C(NCc2ccc(F)cc2)c2ccccc2)c1. The van der Waals surface area contributed by atoms with Crippen LogP contribution in [-0.4, -0.2) is 5.91 Å². The second-order valence-corrected chi connectivity index (χ2v) is 6.66. The summed E-state index contributed by atoms with van der Waals surface area (Å²) in [6, 6.07) is 21.3. The Morgan fingerprint density at radius 2 is 1.67 bits per heavy atom. The lowest BCUT2D eigenvalue weighted by Crippen LogP contribution is -2.33. The van der Waals surface area contributed by atoms with E-state index in [1.54, 1.807) is 12.1 Å². The van der Waals surface area contributed by atoms with Gasteiger partial charge in [-0.1, -0.05) is 54.6 Å². The van der Waals surface area contributed by atoms with Gasteiger partial charge in [0.1, 0.15) is 11.9 Å². The zero-order valence-electron chi connectivity index (χ0n) is 15.5. The maximum Gasteiger partial charge on any atom is 0.246 e. The quantitative estimate of drug-likeness (QED) is 0.654. The minimum atomic E-state index is -0.517. The maximum absolute atomic E-state index is 13.1. The molecule has 3 rings (SSSR count). The number of hydrogen-bond donors (Lipinski definition) is 2. The molecule has 1 unspecified atom stereocenters. The lowest BCUT2D eigenvalue weighted by Gasteiger charge is -2.20. The van der Waals surface area contributed by atoms with Crippen molar-refractivity contribution in [1.29, 1.82) is 0 Å². The zero-order chi connectivity index (χ0) is 19.2. The second kappa shape index (κ2) is 8.60. The Hall–Kier alpha value is -2.98. The van der Waals surface area contributed by atoms with Gasteiger partial charge >= 0.3 is 0 Å². The first kappa shape index (κ1) is 18.8. The molecule has 1 atom stereocenters. The van der Waals surface area contributed by atoms with E-state index in [0.717, 1.165) is 27.9 Å². The molecule has 3 aromatic carbocycles. The standard InChI is InChI=1S/C23H23FN2O/c1-16-8-9-17(2)21(14-16)26-23(27)22(19-6-4-3-5-7-19)25-15-18-10-12-20(24)13-11-18/h3-14,22,25H,15H2,1-2H3,(H,26,27). The number of nitrogens with one attached hydrogen (secondary N) is 2. The molecule has 0 aliphatic heterocycles. The Kier molecular flexibility index (Phi) is 5.99. The van der Waals surface area contributed by atoms with E-state index in [1.165, 1.54) is 12.1 Å². The third-order valence-electron chi connectivity index (χ3n) is 4.47. The van der Waals surface area contributed by atoms with Gasteiger partial charge in [-0.05, 0) is 54.3 Å².